The van der Waals surface area contributed by atoms with Crippen molar-refractivity contribution in [1.82, 2.24) is 0 Å². The minimum Gasteiger partial charge on any atom is -0.496 e. The molecule has 1 heterocycles. The lowest BCUT2D eigenvalue weighted by Gasteiger charge is -2.12. The smallest absolute Gasteiger partial charge is 0.111 e. The second-order valence-electron chi connectivity index (χ2n) is 2.93. The first-order valence-electron chi connectivity index (χ1n) is 4.50. The van der Waals surface area contributed by atoms with Gasteiger partial charge in [0.2, 0.25) is 0 Å². The van der Waals surface area contributed by atoms with E-state index >= 15 is 0 Å². The van der Waals surface area contributed by atoms with Gasteiger partial charge in [-0.1, -0.05) is 6.92 Å². The summed E-state index contributed by atoms with van der Waals surface area (Å²) in [4.78, 5) is 0. The fraction of sp³-hybridized carbons (Fsp3) is 0.778. The van der Waals surface area contributed by atoms with Crippen molar-refractivity contribution in [3.63, 3.8) is 0 Å². The van der Waals surface area contributed by atoms with Gasteiger partial charge in [-0.05, 0) is 12.5 Å². The Hall–Kier alpha value is -0.540. The molecule has 0 amide bonds. The molecule has 1 aliphatic rings. The molecule has 0 saturated carbocycles. The van der Waals surface area contributed by atoms with E-state index in [1.165, 1.54) is 0 Å². The average Bonchev–Trinajstić information content (AvgIpc) is 2.56. The molecule has 0 saturated heterocycles. The molecular weight excluding hydrogens is 154 g/mol. The van der Waals surface area contributed by atoms with Crippen LogP contribution in [-0.2, 0) is 9.47 Å². The zero-order valence-electron chi connectivity index (χ0n) is 7.58. The third kappa shape index (κ3) is 2.83. The summed E-state index contributed by atoms with van der Waals surface area (Å²) < 4.78 is 10.6. The van der Waals surface area contributed by atoms with Crippen LogP contribution in [0.5, 0.6) is 0 Å². The zero-order chi connectivity index (χ0) is 8.81. The van der Waals surface area contributed by atoms with E-state index in [2.05, 4.69) is 6.92 Å². The number of hydrogen-bond acceptors (Lipinski definition) is 3. The first-order valence-corrected chi connectivity index (χ1v) is 4.50. The van der Waals surface area contributed by atoms with Crippen molar-refractivity contribution in [3.8, 4) is 0 Å². The minimum absolute atomic E-state index is 0.0703. The summed E-state index contributed by atoms with van der Waals surface area (Å²) in [6, 6.07) is -0.0703. The van der Waals surface area contributed by atoms with E-state index in [4.69, 9.17) is 15.2 Å². The fourth-order valence-electron chi connectivity index (χ4n) is 1.13. The van der Waals surface area contributed by atoms with Crippen LogP contribution in [0.15, 0.2) is 11.8 Å². The normalized spacial score (nSPS) is 18.7. The van der Waals surface area contributed by atoms with E-state index < -0.39 is 0 Å². The summed E-state index contributed by atoms with van der Waals surface area (Å²) in [5.74, 6) is 0.895. The van der Waals surface area contributed by atoms with Crippen LogP contribution >= 0.6 is 0 Å². The lowest BCUT2D eigenvalue weighted by Crippen LogP contribution is -2.28. The standard InChI is InChI=1S/C9H17NO2/c1-2-5-11-7-8(10)9-4-3-6-12-9/h4,8H,2-3,5-7,10H2,1H3. The van der Waals surface area contributed by atoms with E-state index in [1.807, 2.05) is 6.08 Å². The van der Waals surface area contributed by atoms with Gasteiger partial charge in [-0.25, -0.2) is 0 Å². The van der Waals surface area contributed by atoms with Gasteiger partial charge < -0.3 is 15.2 Å². The van der Waals surface area contributed by atoms with Gasteiger partial charge in [-0.2, -0.15) is 0 Å². The summed E-state index contributed by atoms with van der Waals surface area (Å²) in [5, 5.41) is 0. The highest BCUT2D eigenvalue weighted by atomic mass is 16.5. The fourth-order valence-corrected chi connectivity index (χ4v) is 1.13. The summed E-state index contributed by atoms with van der Waals surface area (Å²) >= 11 is 0. The molecule has 0 aromatic heterocycles. The molecule has 1 aliphatic heterocycles. The average molecular weight is 171 g/mol. The second-order valence-corrected chi connectivity index (χ2v) is 2.93. The summed E-state index contributed by atoms with van der Waals surface area (Å²) in [6.07, 6.45) is 4.06. The molecule has 1 atom stereocenters. The molecule has 12 heavy (non-hydrogen) atoms. The Morgan fingerprint density at radius 1 is 1.75 bits per heavy atom. The van der Waals surface area contributed by atoms with Gasteiger partial charge >= 0.3 is 0 Å². The highest BCUT2D eigenvalue weighted by molar-refractivity contribution is 5.05. The predicted octanol–water partition coefficient (Wildman–Crippen LogP) is 1.04. The lowest BCUT2D eigenvalue weighted by atomic mass is 10.2. The van der Waals surface area contributed by atoms with Gasteiger partial charge in [0.05, 0.1) is 19.3 Å². The van der Waals surface area contributed by atoms with Crippen LogP contribution in [0.3, 0.4) is 0 Å². The van der Waals surface area contributed by atoms with Crippen LogP contribution in [0.2, 0.25) is 0 Å². The van der Waals surface area contributed by atoms with Crippen molar-refractivity contribution in [2.24, 2.45) is 5.73 Å². The number of hydrogen-bond donors (Lipinski definition) is 1. The van der Waals surface area contributed by atoms with E-state index in [-0.39, 0.29) is 6.04 Å². The van der Waals surface area contributed by atoms with Crippen molar-refractivity contribution in [2.45, 2.75) is 25.8 Å². The molecule has 70 valence electrons. The molecule has 0 aliphatic carbocycles. The molecular formula is C9H17NO2. The van der Waals surface area contributed by atoms with Crippen LogP contribution in [0.25, 0.3) is 0 Å². The lowest BCUT2D eigenvalue weighted by molar-refractivity contribution is 0.109. The van der Waals surface area contributed by atoms with Gasteiger partial charge in [0.25, 0.3) is 0 Å². The highest BCUT2D eigenvalue weighted by Gasteiger charge is 2.13. The largest absolute Gasteiger partial charge is 0.496 e. The van der Waals surface area contributed by atoms with Crippen molar-refractivity contribution in [1.29, 1.82) is 0 Å². The molecule has 3 nitrogen and oxygen atoms in total. The molecule has 3 heteroatoms. The molecule has 0 aromatic rings. The first-order chi connectivity index (χ1) is 5.84. The van der Waals surface area contributed by atoms with Gasteiger partial charge in [0.15, 0.2) is 0 Å². The number of ether oxygens (including phenoxy) is 2. The molecule has 2 N–H and O–H groups in total. The van der Waals surface area contributed by atoms with Crippen LogP contribution in [-0.4, -0.2) is 25.9 Å². The van der Waals surface area contributed by atoms with Gasteiger partial charge in [-0.15, -0.1) is 0 Å². The SMILES string of the molecule is CCCOCC(N)C1=CCCO1. The van der Waals surface area contributed by atoms with E-state index in [1.54, 1.807) is 0 Å². The molecule has 0 bridgehead atoms. The van der Waals surface area contributed by atoms with Gasteiger partial charge in [-0.3, -0.25) is 0 Å². The quantitative estimate of drug-likeness (QED) is 0.629. The molecule has 0 radical (unpaired) electrons. The van der Waals surface area contributed by atoms with Crippen molar-refractivity contribution in [3.05, 3.63) is 11.8 Å². The number of rotatable bonds is 5. The Kier molecular flexibility index (Phi) is 4.11. The summed E-state index contributed by atoms with van der Waals surface area (Å²) in [5.41, 5.74) is 5.80. The Labute approximate surface area is 73.5 Å². The number of nitrogens with two attached hydrogens (primary N) is 1. The Morgan fingerprint density at radius 2 is 2.58 bits per heavy atom. The molecule has 1 unspecified atom stereocenters. The second kappa shape index (κ2) is 5.17. The molecule has 0 aromatic carbocycles. The third-order valence-electron chi connectivity index (χ3n) is 1.74. The monoisotopic (exact) mass is 171 g/mol. The van der Waals surface area contributed by atoms with Gasteiger partial charge in [0, 0.05) is 13.0 Å². The van der Waals surface area contributed by atoms with Crippen molar-refractivity contribution >= 4 is 0 Å². The topological polar surface area (TPSA) is 44.5 Å². The van der Waals surface area contributed by atoms with Crippen LogP contribution in [0.1, 0.15) is 19.8 Å². The minimum atomic E-state index is -0.0703. The van der Waals surface area contributed by atoms with Crippen LogP contribution in [0, 0.1) is 0 Å². The molecule has 0 spiro atoms. The highest BCUT2D eigenvalue weighted by Crippen LogP contribution is 2.11. The zero-order valence-corrected chi connectivity index (χ0v) is 7.58. The van der Waals surface area contributed by atoms with E-state index in [9.17, 15) is 0 Å². The predicted molar refractivity (Wildman–Crippen MR) is 47.7 cm³/mol. The van der Waals surface area contributed by atoms with Crippen molar-refractivity contribution < 1.29 is 9.47 Å². The first kappa shape index (κ1) is 9.55. The Balaban J connectivity index is 2.14. The molecule has 0 fully saturated rings. The molecule has 1 rings (SSSR count). The maximum Gasteiger partial charge on any atom is 0.111 e. The Bertz CT molecular complexity index is 157. The van der Waals surface area contributed by atoms with E-state index in [0.29, 0.717) is 6.61 Å². The van der Waals surface area contributed by atoms with Crippen LogP contribution < -0.4 is 5.73 Å². The summed E-state index contributed by atoms with van der Waals surface area (Å²) in [7, 11) is 0. The van der Waals surface area contributed by atoms with Crippen LogP contribution in [0.4, 0.5) is 0 Å². The Morgan fingerprint density at radius 3 is 3.17 bits per heavy atom. The summed E-state index contributed by atoms with van der Waals surface area (Å²) in [6.45, 7) is 4.20. The van der Waals surface area contributed by atoms with Gasteiger partial charge in [0.1, 0.15) is 5.76 Å². The third-order valence-corrected chi connectivity index (χ3v) is 1.74. The van der Waals surface area contributed by atoms with E-state index in [0.717, 1.165) is 31.8 Å². The maximum absolute atomic E-state index is 5.80. The maximum atomic E-state index is 5.80. The van der Waals surface area contributed by atoms with Crippen molar-refractivity contribution in [2.75, 3.05) is 19.8 Å².